The molecule has 2 saturated carbocycles. The fourth-order valence-electron chi connectivity index (χ4n) is 5.17. The number of nitrogens with zero attached hydrogens (tertiary/aromatic N) is 1. The quantitative estimate of drug-likeness (QED) is 0.347. The van der Waals surface area contributed by atoms with Crippen LogP contribution in [0.4, 0.5) is 4.79 Å². The van der Waals surface area contributed by atoms with E-state index in [9.17, 15) is 24.0 Å². The molecule has 0 radical (unpaired) electrons. The number of piperidine rings is 1. The number of ketones is 2. The van der Waals surface area contributed by atoms with E-state index in [0.29, 0.717) is 6.42 Å². The maximum Gasteiger partial charge on any atom is 0.408 e. The lowest BCUT2D eigenvalue weighted by molar-refractivity contribution is -0.144. The highest BCUT2D eigenvalue weighted by atomic mass is 35.5. The van der Waals surface area contributed by atoms with Crippen LogP contribution in [0.1, 0.15) is 74.1 Å². The number of halogens is 2. The van der Waals surface area contributed by atoms with E-state index >= 15 is 0 Å². The van der Waals surface area contributed by atoms with Crippen molar-refractivity contribution in [2.45, 2.75) is 102 Å². The highest BCUT2D eigenvalue weighted by molar-refractivity contribution is 6.51. The number of hydrogen-bond acceptors (Lipinski definition) is 6. The number of fused-ring (bicyclic) bond motifs is 1. The van der Waals surface area contributed by atoms with Crippen molar-refractivity contribution in [3.63, 3.8) is 0 Å². The minimum absolute atomic E-state index is 0.130. The average molecular weight is 561 g/mol. The van der Waals surface area contributed by atoms with Crippen LogP contribution < -0.4 is 10.6 Å². The second-order valence-corrected chi connectivity index (χ2v) is 14.1. The molecule has 3 rings (SSSR count). The molecule has 11 heteroatoms. The molecule has 9 nitrogen and oxygen atoms in total. The van der Waals surface area contributed by atoms with Gasteiger partial charge in [0.2, 0.25) is 17.6 Å². The maximum atomic E-state index is 13.8. The molecule has 0 bridgehead atoms. The van der Waals surface area contributed by atoms with Crippen LogP contribution in [-0.2, 0) is 23.9 Å². The monoisotopic (exact) mass is 559 g/mol. The van der Waals surface area contributed by atoms with E-state index < -0.39 is 68.9 Å². The van der Waals surface area contributed by atoms with Gasteiger partial charge in [0.05, 0.1) is 6.04 Å². The average Bonchev–Trinajstić information content (AvgIpc) is 3.06. The molecule has 208 valence electrons. The Bertz CT molecular complexity index is 966. The van der Waals surface area contributed by atoms with Gasteiger partial charge in [-0.1, -0.05) is 40.0 Å². The first-order chi connectivity index (χ1) is 16.8. The van der Waals surface area contributed by atoms with Crippen molar-refractivity contribution < 1.29 is 28.7 Å². The summed E-state index contributed by atoms with van der Waals surface area (Å²) in [7, 11) is 0. The number of Topliss-reactive ketones (excluding diaryl/α,β-unsaturated/α-hetero) is 2. The Morgan fingerprint density at radius 3 is 2.08 bits per heavy atom. The first kappa shape index (κ1) is 29.7. The summed E-state index contributed by atoms with van der Waals surface area (Å²) in [5.41, 5.74) is -1.47. The molecule has 3 amide bonds. The molecule has 1 saturated heterocycles. The van der Waals surface area contributed by atoms with Crippen LogP contribution in [0.15, 0.2) is 0 Å². The second kappa shape index (κ2) is 10.4. The maximum absolute atomic E-state index is 13.8. The normalized spacial score (nSPS) is 26.3. The molecule has 0 spiro atoms. The molecule has 1 heterocycles. The van der Waals surface area contributed by atoms with Gasteiger partial charge in [-0.3, -0.25) is 19.2 Å². The van der Waals surface area contributed by atoms with E-state index in [-0.39, 0.29) is 18.4 Å². The molecular weight excluding hydrogens is 521 g/mol. The largest absolute Gasteiger partial charge is 0.444 e. The van der Waals surface area contributed by atoms with Gasteiger partial charge in [-0.15, -0.1) is 23.2 Å². The van der Waals surface area contributed by atoms with Crippen molar-refractivity contribution in [3.05, 3.63) is 0 Å². The van der Waals surface area contributed by atoms with Crippen LogP contribution in [0.3, 0.4) is 0 Å². The third-order valence-electron chi connectivity index (χ3n) is 7.43. The van der Waals surface area contributed by atoms with Crippen molar-refractivity contribution in [1.82, 2.24) is 15.5 Å². The van der Waals surface area contributed by atoms with E-state index in [2.05, 4.69) is 10.6 Å². The van der Waals surface area contributed by atoms with Gasteiger partial charge in [-0.05, 0) is 38.5 Å². The fraction of sp³-hybridized carbons (Fsp3) is 0.808. The van der Waals surface area contributed by atoms with Crippen LogP contribution in [0, 0.1) is 23.2 Å². The van der Waals surface area contributed by atoms with Gasteiger partial charge in [-0.2, -0.15) is 0 Å². The number of carbonyl (C=O) groups is 5. The van der Waals surface area contributed by atoms with E-state index in [4.69, 9.17) is 27.9 Å². The fourth-order valence-corrected chi connectivity index (χ4v) is 6.00. The van der Waals surface area contributed by atoms with Crippen LogP contribution in [0.25, 0.3) is 0 Å². The van der Waals surface area contributed by atoms with Crippen molar-refractivity contribution in [1.29, 1.82) is 0 Å². The number of carbonyl (C=O) groups excluding carboxylic acids is 5. The molecule has 0 aromatic carbocycles. The predicted octanol–water partition coefficient (Wildman–Crippen LogP) is 3.39. The molecule has 37 heavy (non-hydrogen) atoms. The van der Waals surface area contributed by atoms with Crippen molar-refractivity contribution in [2.24, 2.45) is 23.2 Å². The van der Waals surface area contributed by atoms with E-state index in [0.717, 1.165) is 19.3 Å². The van der Waals surface area contributed by atoms with Gasteiger partial charge in [-0.25, -0.2) is 4.79 Å². The lowest BCUT2D eigenvalue weighted by Gasteiger charge is -2.38. The van der Waals surface area contributed by atoms with Gasteiger partial charge in [0.15, 0.2) is 5.78 Å². The lowest BCUT2D eigenvalue weighted by Crippen LogP contribution is -2.60. The minimum Gasteiger partial charge on any atom is -0.444 e. The van der Waals surface area contributed by atoms with Gasteiger partial charge in [0.25, 0.3) is 0 Å². The predicted molar refractivity (Wildman–Crippen MR) is 139 cm³/mol. The molecular formula is C26H39Cl2N3O6. The molecule has 3 aliphatic rings. The van der Waals surface area contributed by atoms with Crippen molar-refractivity contribution in [2.75, 3.05) is 6.54 Å². The van der Waals surface area contributed by atoms with E-state index in [1.165, 1.54) is 11.8 Å². The molecule has 2 N–H and O–H groups in total. The zero-order valence-electron chi connectivity index (χ0n) is 22.7. The molecule has 5 atom stereocenters. The number of ether oxygens (including phenoxy) is 1. The first-order valence-corrected chi connectivity index (χ1v) is 13.6. The number of rotatable bonds is 8. The highest BCUT2D eigenvalue weighted by Crippen LogP contribution is 2.65. The summed E-state index contributed by atoms with van der Waals surface area (Å²) in [4.78, 5) is 65.8. The highest BCUT2D eigenvalue weighted by Gasteiger charge is 2.74. The summed E-state index contributed by atoms with van der Waals surface area (Å²) in [5.74, 6) is -2.94. The Hall–Kier alpha value is -1.87. The number of likely N-dealkylation sites (tertiary alicyclic amines) is 1. The van der Waals surface area contributed by atoms with Crippen LogP contribution in [-0.4, -0.2) is 69.0 Å². The zero-order valence-corrected chi connectivity index (χ0v) is 24.2. The summed E-state index contributed by atoms with van der Waals surface area (Å²) in [6.07, 6.45) is 2.55. The summed E-state index contributed by atoms with van der Waals surface area (Å²) in [5, 5.41) is 5.40. The summed E-state index contributed by atoms with van der Waals surface area (Å²) < 4.78 is 4.18. The number of nitrogens with one attached hydrogen (secondary N) is 2. The minimum atomic E-state index is -1.18. The number of alkyl halides is 2. The van der Waals surface area contributed by atoms with Gasteiger partial charge in [0.1, 0.15) is 22.0 Å². The molecule has 3 fully saturated rings. The lowest BCUT2D eigenvalue weighted by atomic mass is 9.80. The second-order valence-electron chi connectivity index (χ2n) is 12.7. The number of hydrogen-bond donors (Lipinski definition) is 2. The molecule has 2 aliphatic carbocycles. The van der Waals surface area contributed by atoms with E-state index in [1.807, 2.05) is 0 Å². The number of alkyl carbamates (subject to hydrolysis) is 1. The Kier molecular flexibility index (Phi) is 8.31. The SMILES string of the molecule is CC(=O)C(=O)[C@@H](CC1CCC1)NC(=O)[C@@H]1[C@@H]2[C@H](CN1C(=O)[C@@H](NC(=O)OC(C)(C)C)C(C)(C)C)C2(Cl)Cl. The smallest absolute Gasteiger partial charge is 0.408 e. The summed E-state index contributed by atoms with van der Waals surface area (Å²) in [6.45, 7) is 11.9. The number of amides is 3. The Morgan fingerprint density at radius 2 is 1.62 bits per heavy atom. The molecule has 0 unspecified atom stereocenters. The Balaban J connectivity index is 1.83. The molecule has 0 aromatic heterocycles. The Morgan fingerprint density at radius 1 is 1.03 bits per heavy atom. The standard InChI is InChI=1S/C26H39Cl2N3O6/c1-13(32)19(33)16(11-14-9-8-10-14)29-21(34)18-17-15(26(17,27)28)12-31(18)22(35)20(24(2,3)4)30-23(36)37-25(5,6)7/h14-18,20H,8-12H2,1-7H3,(H,29,34)(H,30,36)/t15-,16+,17-,18-,20+/m0/s1. The zero-order chi connectivity index (χ0) is 28.1. The topological polar surface area (TPSA) is 122 Å². The van der Waals surface area contributed by atoms with Crippen LogP contribution in [0.5, 0.6) is 0 Å². The van der Waals surface area contributed by atoms with Crippen molar-refractivity contribution in [3.8, 4) is 0 Å². The summed E-state index contributed by atoms with van der Waals surface area (Å²) in [6, 6.07) is -3.01. The van der Waals surface area contributed by atoms with Crippen LogP contribution >= 0.6 is 23.2 Å². The van der Waals surface area contributed by atoms with Gasteiger partial charge in [0, 0.05) is 25.3 Å². The van der Waals surface area contributed by atoms with E-state index in [1.54, 1.807) is 41.5 Å². The van der Waals surface area contributed by atoms with Crippen LogP contribution in [0.2, 0.25) is 0 Å². The molecule has 0 aromatic rings. The molecule has 1 aliphatic heterocycles. The third-order valence-corrected chi connectivity index (χ3v) is 8.50. The van der Waals surface area contributed by atoms with Gasteiger partial charge >= 0.3 is 6.09 Å². The van der Waals surface area contributed by atoms with Crippen molar-refractivity contribution >= 4 is 52.7 Å². The third kappa shape index (κ3) is 6.59. The van der Waals surface area contributed by atoms with Gasteiger partial charge < -0.3 is 20.3 Å². The first-order valence-electron chi connectivity index (χ1n) is 12.9. The Labute approximate surface area is 228 Å². The summed E-state index contributed by atoms with van der Waals surface area (Å²) >= 11 is 12.9.